The number of nitrogens with one attached hydrogen (secondary N) is 1. The summed E-state index contributed by atoms with van der Waals surface area (Å²) in [6.45, 7) is 2.80. The van der Waals surface area contributed by atoms with Crippen LogP contribution in [0.25, 0.3) is 5.69 Å². The molecule has 4 rings (SSSR count). The highest BCUT2D eigenvalue weighted by Gasteiger charge is 2.16. The fourth-order valence-corrected chi connectivity index (χ4v) is 2.83. The molecule has 1 aliphatic rings. The summed E-state index contributed by atoms with van der Waals surface area (Å²) in [7, 11) is 0. The lowest BCUT2D eigenvalue weighted by atomic mass is 10.1. The first-order valence-electron chi connectivity index (χ1n) is 7.61. The van der Waals surface area contributed by atoms with Crippen LogP contribution in [0, 0.1) is 6.92 Å². The molecule has 1 aromatic heterocycles. The van der Waals surface area contributed by atoms with Gasteiger partial charge in [0.15, 0.2) is 0 Å². The third-order valence-corrected chi connectivity index (χ3v) is 4.10. The van der Waals surface area contributed by atoms with Gasteiger partial charge in [-0.3, -0.25) is 0 Å². The molecule has 0 fully saturated rings. The molecule has 24 heavy (non-hydrogen) atoms. The summed E-state index contributed by atoms with van der Waals surface area (Å²) in [6, 6.07) is 12.9. The zero-order chi connectivity index (χ0) is 16.7. The monoisotopic (exact) mass is 324 g/mol. The van der Waals surface area contributed by atoms with E-state index in [-0.39, 0.29) is 11.6 Å². The smallest absolute Gasteiger partial charge is 0.333 e. The van der Waals surface area contributed by atoms with E-state index in [1.807, 2.05) is 18.2 Å². The lowest BCUT2D eigenvalue weighted by Gasteiger charge is -2.10. The normalized spacial score (nSPS) is 13.0. The standard InChI is InChI=1S/C18H16N2O4/c1-11-17(21)20(18(22)19-11)13-5-7-14(8-6-13)24-16-4-2-3-12-9-23-10-15(12)16/h2-8,21H,9-10H2,1H3,(H,19,22). The van der Waals surface area contributed by atoms with Crippen molar-refractivity contribution >= 4 is 0 Å². The van der Waals surface area contributed by atoms with E-state index in [4.69, 9.17) is 9.47 Å². The molecule has 0 saturated heterocycles. The number of H-pyrrole nitrogens is 1. The molecular weight excluding hydrogens is 308 g/mol. The molecule has 0 amide bonds. The molecule has 122 valence electrons. The zero-order valence-corrected chi connectivity index (χ0v) is 13.1. The number of hydrogen-bond donors (Lipinski definition) is 2. The Morgan fingerprint density at radius 2 is 1.96 bits per heavy atom. The van der Waals surface area contributed by atoms with Crippen LogP contribution < -0.4 is 10.4 Å². The highest BCUT2D eigenvalue weighted by atomic mass is 16.5. The van der Waals surface area contributed by atoms with Crippen molar-refractivity contribution in [2.45, 2.75) is 20.1 Å². The van der Waals surface area contributed by atoms with Crippen molar-refractivity contribution in [1.29, 1.82) is 0 Å². The molecule has 0 saturated carbocycles. The van der Waals surface area contributed by atoms with Gasteiger partial charge < -0.3 is 19.6 Å². The van der Waals surface area contributed by atoms with Crippen LogP contribution in [0.5, 0.6) is 17.4 Å². The van der Waals surface area contributed by atoms with Gasteiger partial charge in [-0.05, 0) is 42.8 Å². The Kier molecular flexibility index (Phi) is 3.39. The molecule has 0 atom stereocenters. The second-order valence-electron chi connectivity index (χ2n) is 5.70. The molecule has 2 aromatic carbocycles. The quantitative estimate of drug-likeness (QED) is 0.776. The van der Waals surface area contributed by atoms with Crippen LogP contribution in [0.1, 0.15) is 16.8 Å². The summed E-state index contributed by atoms with van der Waals surface area (Å²) in [5, 5.41) is 9.97. The largest absolute Gasteiger partial charge is 0.493 e. The van der Waals surface area contributed by atoms with Gasteiger partial charge in [-0.25, -0.2) is 9.36 Å². The number of ether oxygens (including phenoxy) is 2. The van der Waals surface area contributed by atoms with Crippen molar-refractivity contribution in [3.63, 3.8) is 0 Å². The molecular formula is C18H16N2O4. The van der Waals surface area contributed by atoms with Crippen LogP contribution in [-0.2, 0) is 18.0 Å². The van der Waals surface area contributed by atoms with Crippen molar-refractivity contribution in [2.75, 3.05) is 0 Å². The van der Waals surface area contributed by atoms with Crippen molar-refractivity contribution in [1.82, 2.24) is 9.55 Å². The third-order valence-electron chi connectivity index (χ3n) is 4.10. The summed E-state index contributed by atoms with van der Waals surface area (Å²) in [4.78, 5) is 14.4. The van der Waals surface area contributed by atoms with E-state index in [1.54, 1.807) is 31.2 Å². The van der Waals surface area contributed by atoms with Crippen molar-refractivity contribution in [3.8, 4) is 23.1 Å². The van der Waals surface area contributed by atoms with Gasteiger partial charge in [0, 0.05) is 5.56 Å². The predicted molar refractivity (Wildman–Crippen MR) is 87.8 cm³/mol. The summed E-state index contributed by atoms with van der Waals surface area (Å²) >= 11 is 0. The molecule has 0 radical (unpaired) electrons. The van der Waals surface area contributed by atoms with Gasteiger partial charge in [0.25, 0.3) is 0 Å². The van der Waals surface area contributed by atoms with Crippen LogP contribution in [0.3, 0.4) is 0 Å². The first-order chi connectivity index (χ1) is 11.6. The van der Waals surface area contributed by atoms with E-state index in [0.29, 0.717) is 30.3 Å². The third kappa shape index (κ3) is 2.37. The summed E-state index contributed by atoms with van der Waals surface area (Å²) in [6.07, 6.45) is 0. The van der Waals surface area contributed by atoms with E-state index in [0.717, 1.165) is 16.9 Å². The number of rotatable bonds is 3. The average Bonchev–Trinajstić information content (AvgIpc) is 3.15. The number of nitrogens with zero attached hydrogens (tertiary/aromatic N) is 1. The Morgan fingerprint density at radius 1 is 1.17 bits per heavy atom. The minimum Gasteiger partial charge on any atom is -0.493 e. The highest BCUT2D eigenvalue weighted by Crippen LogP contribution is 2.32. The van der Waals surface area contributed by atoms with Gasteiger partial charge in [-0.15, -0.1) is 0 Å². The van der Waals surface area contributed by atoms with Gasteiger partial charge in [-0.1, -0.05) is 12.1 Å². The Balaban J connectivity index is 1.63. The van der Waals surface area contributed by atoms with E-state index >= 15 is 0 Å². The van der Waals surface area contributed by atoms with Gasteiger partial charge in [0.05, 0.1) is 24.6 Å². The average molecular weight is 324 g/mol. The summed E-state index contributed by atoms with van der Waals surface area (Å²) in [5.74, 6) is 1.33. The van der Waals surface area contributed by atoms with E-state index in [2.05, 4.69) is 4.98 Å². The number of aromatic hydroxyl groups is 1. The fraction of sp³-hybridized carbons (Fsp3) is 0.167. The summed E-state index contributed by atoms with van der Waals surface area (Å²) < 4.78 is 12.6. The SMILES string of the molecule is Cc1[nH]c(=O)n(-c2ccc(Oc3cccc4c3COC4)cc2)c1O. The number of aromatic nitrogens is 2. The Morgan fingerprint density at radius 3 is 2.67 bits per heavy atom. The number of fused-ring (bicyclic) bond motifs is 1. The molecule has 0 spiro atoms. The number of imidazole rings is 1. The predicted octanol–water partition coefficient (Wildman–Crippen LogP) is 3.00. The molecule has 0 bridgehead atoms. The molecule has 2 N–H and O–H groups in total. The maximum atomic E-state index is 11.9. The van der Waals surface area contributed by atoms with Gasteiger partial charge in [0.2, 0.25) is 5.88 Å². The van der Waals surface area contributed by atoms with Crippen LogP contribution in [0.4, 0.5) is 0 Å². The second-order valence-corrected chi connectivity index (χ2v) is 5.70. The van der Waals surface area contributed by atoms with Crippen LogP contribution in [0.15, 0.2) is 47.3 Å². The maximum Gasteiger partial charge on any atom is 0.333 e. The van der Waals surface area contributed by atoms with Crippen LogP contribution in [0.2, 0.25) is 0 Å². The zero-order valence-electron chi connectivity index (χ0n) is 13.1. The minimum atomic E-state index is -0.378. The fourth-order valence-electron chi connectivity index (χ4n) is 2.83. The van der Waals surface area contributed by atoms with Gasteiger partial charge in [-0.2, -0.15) is 0 Å². The highest BCUT2D eigenvalue weighted by molar-refractivity contribution is 5.46. The number of hydrogen-bond acceptors (Lipinski definition) is 4. The lowest BCUT2D eigenvalue weighted by molar-refractivity contribution is 0.133. The Labute approximate surface area is 137 Å². The topological polar surface area (TPSA) is 76.5 Å². The molecule has 0 unspecified atom stereocenters. The second kappa shape index (κ2) is 5.58. The molecule has 1 aliphatic heterocycles. The number of aryl methyl sites for hydroxylation is 1. The van der Waals surface area contributed by atoms with Crippen LogP contribution >= 0.6 is 0 Å². The Bertz CT molecular complexity index is 954. The van der Waals surface area contributed by atoms with Gasteiger partial charge >= 0.3 is 5.69 Å². The summed E-state index contributed by atoms with van der Waals surface area (Å²) in [5.41, 5.74) is 2.83. The lowest BCUT2D eigenvalue weighted by Crippen LogP contribution is -2.14. The van der Waals surface area contributed by atoms with Crippen molar-refractivity contribution < 1.29 is 14.6 Å². The Hall–Kier alpha value is -2.99. The number of benzene rings is 2. The molecule has 2 heterocycles. The van der Waals surface area contributed by atoms with E-state index in [9.17, 15) is 9.90 Å². The molecule has 6 heteroatoms. The van der Waals surface area contributed by atoms with Crippen molar-refractivity contribution in [3.05, 3.63) is 69.8 Å². The van der Waals surface area contributed by atoms with Gasteiger partial charge in [0.1, 0.15) is 11.5 Å². The molecule has 3 aromatic rings. The van der Waals surface area contributed by atoms with Crippen LogP contribution in [-0.4, -0.2) is 14.7 Å². The maximum absolute atomic E-state index is 11.9. The van der Waals surface area contributed by atoms with Crippen molar-refractivity contribution in [2.24, 2.45) is 0 Å². The number of aromatic amines is 1. The van der Waals surface area contributed by atoms with E-state index < -0.39 is 0 Å². The first-order valence-corrected chi connectivity index (χ1v) is 7.61. The molecule has 0 aliphatic carbocycles. The van der Waals surface area contributed by atoms with E-state index in [1.165, 1.54) is 4.57 Å². The molecule has 6 nitrogen and oxygen atoms in total. The first kappa shape index (κ1) is 14.6. The minimum absolute atomic E-state index is 0.0910.